The van der Waals surface area contributed by atoms with Gasteiger partial charge in [0.2, 0.25) is 5.88 Å². The van der Waals surface area contributed by atoms with E-state index in [1.807, 2.05) is 25.1 Å². The van der Waals surface area contributed by atoms with Crippen LogP contribution in [0.5, 0.6) is 0 Å². The van der Waals surface area contributed by atoms with Crippen LogP contribution in [0, 0.1) is 22.7 Å². The van der Waals surface area contributed by atoms with Gasteiger partial charge in [0.15, 0.2) is 0 Å². The molecule has 0 bridgehead atoms. The van der Waals surface area contributed by atoms with Gasteiger partial charge in [-0.1, -0.05) is 6.07 Å². The summed E-state index contributed by atoms with van der Waals surface area (Å²) in [5.74, 6) is -1.11. The first-order valence-corrected chi connectivity index (χ1v) is 8.02. The van der Waals surface area contributed by atoms with E-state index in [2.05, 4.69) is 6.07 Å². The number of nitriles is 2. The third kappa shape index (κ3) is 3.33. The molecular weight excluding hydrogens is 332 g/mol. The first-order chi connectivity index (χ1) is 12.3. The number of hydrogen-bond donors (Lipinski definition) is 1. The Balaban J connectivity index is 2.68. The average Bonchev–Trinajstić information content (AvgIpc) is 2.60. The molecule has 1 unspecified atom stereocenters. The zero-order chi connectivity index (χ0) is 19.4. The second-order valence-electron chi connectivity index (χ2n) is 5.90. The molecule has 1 aromatic carbocycles. The molecule has 1 atom stereocenters. The monoisotopic (exact) mass is 352 g/mol. The second kappa shape index (κ2) is 7.62. The van der Waals surface area contributed by atoms with Crippen molar-refractivity contribution >= 4 is 11.7 Å². The highest BCUT2D eigenvalue weighted by Crippen LogP contribution is 2.40. The number of benzene rings is 1. The molecule has 0 saturated heterocycles. The van der Waals surface area contributed by atoms with Crippen LogP contribution in [0.25, 0.3) is 0 Å². The number of allylic oxidation sites excluding steroid dienone is 2. The van der Waals surface area contributed by atoms with Gasteiger partial charge >= 0.3 is 5.97 Å². The molecule has 0 aliphatic carbocycles. The van der Waals surface area contributed by atoms with Crippen LogP contribution < -0.4 is 10.6 Å². The fourth-order valence-electron chi connectivity index (χ4n) is 2.90. The lowest BCUT2D eigenvalue weighted by atomic mass is 9.82. The molecule has 0 fully saturated rings. The lowest BCUT2D eigenvalue weighted by Gasteiger charge is -2.27. The summed E-state index contributed by atoms with van der Waals surface area (Å²) in [4.78, 5) is 14.3. The molecule has 1 heterocycles. The molecule has 0 saturated carbocycles. The minimum atomic E-state index is -0.754. The van der Waals surface area contributed by atoms with Crippen LogP contribution in [0.15, 0.2) is 41.0 Å². The number of carbonyl (C=O) groups excluding carboxylic acids is 1. The van der Waals surface area contributed by atoms with Gasteiger partial charge in [-0.25, -0.2) is 4.79 Å². The summed E-state index contributed by atoms with van der Waals surface area (Å²) in [6.45, 7) is 3.48. The summed E-state index contributed by atoms with van der Waals surface area (Å²) < 4.78 is 10.5. The van der Waals surface area contributed by atoms with Crippen molar-refractivity contribution in [2.24, 2.45) is 5.73 Å². The molecule has 1 aliphatic rings. The van der Waals surface area contributed by atoms with Crippen LogP contribution in [-0.4, -0.2) is 26.7 Å². The van der Waals surface area contributed by atoms with E-state index >= 15 is 0 Å². The van der Waals surface area contributed by atoms with Crippen molar-refractivity contribution in [3.63, 3.8) is 0 Å². The van der Waals surface area contributed by atoms with Crippen LogP contribution in [0.1, 0.15) is 30.9 Å². The first-order valence-electron chi connectivity index (χ1n) is 8.02. The van der Waals surface area contributed by atoms with Gasteiger partial charge in [0.05, 0.1) is 29.3 Å². The first kappa shape index (κ1) is 18.9. The molecule has 1 aromatic rings. The Kier molecular flexibility index (Phi) is 5.54. The number of hydrogen-bond acceptors (Lipinski definition) is 7. The fourth-order valence-corrected chi connectivity index (χ4v) is 2.90. The Morgan fingerprint density at radius 1 is 1.35 bits per heavy atom. The quantitative estimate of drug-likeness (QED) is 0.827. The number of nitrogens with zero attached hydrogens (tertiary/aromatic N) is 3. The van der Waals surface area contributed by atoms with E-state index in [-0.39, 0.29) is 29.4 Å². The summed E-state index contributed by atoms with van der Waals surface area (Å²) in [7, 11) is 3.66. The van der Waals surface area contributed by atoms with Crippen LogP contribution in [0.4, 0.5) is 5.69 Å². The van der Waals surface area contributed by atoms with Crippen molar-refractivity contribution in [3.8, 4) is 12.1 Å². The third-order valence-electron chi connectivity index (χ3n) is 4.06. The van der Waals surface area contributed by atoms with Gasteiger partial charge in [-0.05, 0) is 31.5 Å². The highest BCUT2D eigenvalue weighted by atomic mass is 16.5. The number of ether oxygens (including phenoxy) is 2. The molecular formula is C19H20N4O3. The molecule has 0 aromatic heterocycles. The van der Waals surface area contributed by atoms with E-state index in [4.69, 9.17) is 15.2 Å². The van der Waals surface area contributed by atoms with Crippen LogP contribution >= 0.6 is 0 Å². The maximum Gasteiger partial charge on any atom is 0.338 e. The highest BCUT2D eigenvalue weighted by Gasteiger charge is 2.36. The standard InChI is InChI=1S/C19H20N4O3/c1-5-25-19(24)16-11(2)26-18(22)14(10-21)17(16)12-6-7-15(23(3)4)13(8-12)9-20/h6-8,17H,5,22H2,1-4H3. The average molecular weight is 352 g/mol. The zero-order valence-electron chi connectivity index (χ0n) is 15.2. The van der Waals surface area contributed by atoms with Gasteiger partial charge in [0.1, 0.15) is 23.5 Å². The van der Waals surface area contributed by atoms with E-state index in [1.54, 1.807) is 32.0 Å². The molecule has 0 amide bonds. The Labute approximate surface area is 152 Å². The summed E-state index contributed by atoms with van der Waals surface area (Å²) in [5, 5.41) is 19.0. The van der Waals surface area contributed by atoms with Crippen molar-refractivity contribution in [2.45, 2.75) is 19.8 Å². The van der Waals surface area contributed by atoms with Crippen molar-refractivity contribution < 1.29 is 14.3 Å². The smallest absolute Gasteiger partial charge is 0.338 e. The molecule has 2 N–H and O–H groups in total. The molecule has 26 heavy (non-hydrogen) atoms. The van der Waals surface area contributed by atoms with E-state index in [9.17, 15) is 15.3 Å². The van der Waals surface area contributed by atoms with Crippen molar-refractivity contribution in [3.05, 3.63) is 52.1 Å². The lowest BCUT2D eigenvalue weighted by molar-refractivity contribution is -0.139. The van der Waals surface area contributed by atoms with Gasteiger partial charge < -0.3 is 20.1 Å². The van der Waals surface area contributed by atoms with Crippen LogP contribution in [-0.2, 0) is 14.3 Å². The van der Waals surface area contributed by atoms with Gasteiger partial charge in [-0.15, -0.1) is 0 Å². The van der Waals surface area contributed by atoms with Gasteiger partial charge in [0.25, 0.3) is 0 Å². The van der Waals surface area contributed by atoms with E-state index in [0.717, 1.165) is 5.69 Å². The lowest BCUT2D eigenvalue weighted by Crippen LogP contribution is -2.25. The number of anilines is 1. The van der Waals surface area contributed by atoms with E-state index < -0.39 is 11.9 Å². The van der Waals surface area contributed by atoms with E-state index in [1.165, 1.54) is 0 Å². The van der Waals surface area contributed by atoms with Crippen molar-refractivity contribution in [1.82, 2.24) is 0 Å². The molecule has 7 nitrogen and oxygen atoms in total. The van der Waals surface area contributed by atoms with Crippen LogP contribution in [0.3, 0.4) is 0 Å². The van der Waals surface area contributed by atoms with Crippen molar-refractivity contribution in [2.75, 3.05) is 25.6 Å². The van der Waals surface area contributed by atoms with Gasteiger partial charge in [-0.2, -0.15) is 10.5 Å². The number of nitrogens with two attached hydrogens (primary N) is 1. The molecule has 1 aliphatic heterocycles. The van der Waals surface area contributed by atoms with E-state index in [0.29, 0.717) is 11.1 Å². The minimum Gasteiger partial charge on any atom is -0.463 e. The summed E-state index contributed by atoms with van der Waals surface area (Å²) in [6, 6.07) is 9.36. The Bertz CT molecular complexity index is 885. The number of esters is 1. The Hall–Kier alpha value is -3.45. The SMILES string of the molecule is CCOC(=O)C1=C(C)OC(N)=C(C#N)C1c1ccc(N(C)C)c(C#N)c1. The largest absolute Gasteiger partial charge is 0.463 e. The second-order valence-corrected chi connectivity index (χ2v) is 5.90. The minimum absolute atomic E-state index is 0.0572. The molecule has 7 heteroatoms. The third-order valence-corrected chi connectivity index (χ3v) is 4.06. The number of rotatable bonds is 4. The molecule has 2 rings (SSSR count). The topological polar surface area (TPSA) is 112 Å². The Morgan fingerprint density at radius 2 is 2.04 bits per heavy atom. The predicted octanol–water partition coefficient (Wildman–Crippen LogP) is 2.27. The molecule has 134 valence electrons. The van der Waals surface area contributed by atoms with Gasteiger partial charge in [-0.3, -0.25) is 0 Å². The Morgan fingerprint density at radius 3 is 2.58 bits per heavy atom. The summed E-state index contributed by atoms with van der Waals surface area (Å²) in [5.41, 5.74) is 7.94. The highest BCUT2D eigenvalue weighted by molar-refractivity contribution is 5.92. The number of carbonyl (C=O) groups is 1. The summed E-state index contributed by atoms with van der Waals surface area (Å²) in [6.07, 6.45) is 0. The van der Waals surface area contributed by atoms with Crippen molar-refractivity contribution in [1.29, 1.82) is 10.5 Å². The normalized spacial score (nSPS) is 16.5. The molecule has 0 radical (unpaired) electrons. The molecule has 0 spiro atoms. The van der Waals surface area contributed by atoms with Gasteiger partial charge in [0, 0.05) is 14.1 Å². The fraction of sp³-hybridized carbons (Fsp3) is 0.316. The van der Waals surface area contributed by atoms with Crippen LogP contribution in [0.2, 0.25) is 0 Å². The zero-order valence-corrected chi connectivity index (χ0v) is 15.2. The predicted molar refractivity (Wildman–Crippen MR) is 95.5 cm³/mol. The maximum absolute atomic E-state index is 12.5. The maximum atomic E-state index is 12.5. The summed E-state index contributed by atoms with van der Waals surface area (Å²) >= 11 is 0.